The van der Waals surface area contributed by atoms with Crippen molar-refractivity contribution in [1.82, 2.24) is 4.72 Å². The summed E-state index contributed by atoms with van der Waals surface area (Å²) >= 11 is 0. The Morgan fingerprint density at radius 1 is 1.40 bits per heavy atom. The lowest BCUT2D eigenvalue weighted by Gasteiger charge is -2.05. The molecule has 1 N–H and O–H groups in total. The summed E-state index contributed by atoms with van der Waals surface area (Å²) in [7, 11) is -3.14. The van der Waals surface area contributed by atoms with Gasteiger partial charge in [-0.3, -0.25) is 0 Å². The summed E-state index contributed by atoms with van der Waals surface area (Å²) in [5, 5.41) is 0. The quantitative estimate of drug-likeness (QED) is 0.845. The van der Waals surface area contributed by atoms with Gasteiger partial charge in [0.2, 0.25) is 10.0 Å². The molecule has 1 aromatic rings. The van der Waals surface area contributed by atoms with Gasteiger partial charge in [0, 0.05) is 6.04 Å². The molecule has 0 atom stereocenters. The molecule has 0 unspecified atom stereocenters. The van der Waals surface area contributed by atoms with Crippen LogP contribution in [0.25, 0.3) is 0 Å². The molecule has 0 saturated heterocycles. The molecular formula is C11H15NO2S. The van der Waals surface area contributed by atoms with Crippen LogP contribution in [0.3, 0.4) is 0 Å². The molecule has 1 aliphatic rings. The third-order valence-corrected chi connectivity index (χ3v) is 3.77. The minimum absolute atomic E-state index is 0.0885. The molecule has 2 rings (SSSR count). The SMILES string of the molecule is Cc1cccc(CS(=O)(=O)NC2CC2)c1. The van der Waals surface area contributed by atoms with Crippen LogP contribution in [0.5, 0.6) is 0 Å². The number of nitrogens with one attached hydrogen (secondary N) is 1. The van der Waals surface area contributed by atoms with Gasteiger partial charge < -0.3 is 0 Å². The lowest BCUT2D eigenvalue weighted by atomic mass is 10.2. The summed E-state index contributed by atoms with van der Waals surface area (Å²) in [4.78, 5) is 0. The van der Waals surface area contributed by atoms with Gasteiger partial charge in [0.15, 0.2) is 0 Å². The first kappa shape index (κ1) is 10.6. The second-order valence-electron chi connectivity index (χ2n) is 4.14. The maximum Gasteiger partial charge on any atom is 0.216 e. The van der Waals surface area contributed by atoms with E-state index >= 15 is 0 Å². The molecule has 0 aromatic heterocycles. The third-order valence-electron chi connectivity index (χ3n) is 2.36. The van der Waals surface area contributed by atoms with Crippen molar-refractivity contribution in [3.05, 3.63) is 35.4 Å². The first-order chi connectivity index (χ1) is 7.05. The zero-order valence-corrected chi connectivity index (χ0v) is 9.55. The smallest absolute Gasteiger partial charge is 0.212 e. The lowest BCUT2D eigenvalue weighted by molar-refractivity contribution is 0.580. The van der Waals surface area contributed by atoms with E-state index in [1.165, 1.54) is 0 Å². The van der Waals surface area contributed by atoms with Gasteiger partial charge in [-0.05, 0) is 25.3 Å². The second kappa shape index (κ2) is 3.94. The van der Waals surface area contributed by atoms with Crippen LogP contribution in [0.15, 0.2) is 24.3 Å². The molecule has 0 heterocycles. The van der Waals surface area contributed by atoms with Gasteiger partial charge in [-0.25, -0.2) is 13.1 Å². The number of sulfonamides is 1. The van der Waals surface area contributed by atoms with E-state index in [2.05, 4.69) is 4.72 Å². The third kappa shape index (κ3) is 3.32. The van der Waals surface area contributed by atoms with E-state index in [9.17, 15) is 8.42 Å². The Kier molecular flexibility index (Phi) is 2.80. The normalized spacial score (nSPS) is 16.6. The molecule has 0 amide bonds. The van der Waals surface area contributed by atoms with Gasteiger partial charge in [0.05, 0.1) is 5.75 Å². The molecule has 15 heavy (non-hydrogen) atoms. The Labute approximate surface area is 90.6 Å². The molecular weight excluding hydrogens is 210 g/mol. The monoisotopic (exact) mass is 225 g/mol. The Bertz CT molecular complexity index is 449. The van der Waals surface area contributed by atoms with Crippen LogP contribution in [0.4, 0.5) is 0 Å². The molecule has 1 aliphatic carbocycles. The Morgan fingerprint density at radius 2 is 2.13 bits per heavy atom. The molecule has 1 saturated carbocycles. The number of rotatable bonds is 4. The summed E-state index contributed by atoms with van der Waals surface area (Å²) in [6, 6.07) is 7.80. The second-order valence-corrected chi connectivity index (χ2v) is 5.89. The van der Waals surface area contributed by atoms with Crippen molar-refractivity contribution in [3.63, 3.8) is 0 Å². The van der Waals surface area contributed by atoms with Crippen LogP contribution in [0.1, 0.15) is 24.0 Å². The topological polar surface area (TPSA) is 46.2 Å². The molecule has 4 heteroatoms. The van der Waals surface area contributed by atoms with Gasteiger partial charge in [-0.2, -0.15) is 0 Å². The number of benzene rings is 1. The van der Waals surface area contributed by atoms with E-state index in [1.54, 1.807) is 0 Å². The van der Waals surface area contributed by atoms with Crippen molar-refractivity contribution < 1.29 is 8.42 Å². The van der Waals surface area contributed by atoms with Crippen molar-refractivity contribution in [1.29, 1.82) is 0 Å². The zero-order valence-electron chi connectivity index (χ0n) is 8.73. The fourth-order valence-corrected chi connectivity index (χ4v) is 2.96. The lowest BCUT2D eigenvalue weighted by Crippen LogP contribution is -2.27. The first-order valence-corrected chi connectivity index (χ1v) is 6.76. The van der Waals surface area contributed by atoms with E-state index in [0.717, 1.165) is 24.0 Å². The predicted octanol–water partition coefficient (Wildman–Crippen LogP) is 1.58. The van der Waals surface area contributed by atoms with Gasteiger partial charge in [0.25, 0.3) is 0 Å². The summed E-state index contributed by atoms with van der Waals surface area (Å²) in [6.45, 7) is 1.96. The molecule has 3 nitrogen and oxygen atoms in total. The van der Waals surface area contributed by atoms with Gasteiger partial charge in [-0.15, -0.1) is 0 Å². The number of aryl methyl sites for hydroxylation is 1. The van der Waals surface area contributed by atoms with Crippen LogP contribution in [-0.2, 0) is 15.8 Å². The number of hydrogen-bond donors (Lipinski definition) is 1. The minimum Gasteiger partial charge on any atom is -0.212 e. The van der Waals surface area contributed by atoms with Gasteiger partial charge in [0.1, 0.15) is 0 Å². The Balaban J connectivity index is 2.06. The van der Waals surface area contributed by atoms with Crippen molar-refractivity contribution in [3.8, 4) is 0 Å². The summed E-state index contributed by atoms with van der Waals surface area (Å²) < 4.78 is 26.0. The highest BCUT2D eigenvalue weighted by Gasteiger charge is 2.26. The highest BCUT2D eigenvalue weighted by Crippen LogP contribution is 2.20. The van der Waals surface area contributed by atoms with E-state index in [4.69, 9.17) is 0 Å². The molecule has 82 valence electrons. The maximum atomic E-state index is 11.7. The fourth-order valence-electron chi connectivity index (χ4n) is 1.52. The van der Waals surface area contributed by atoms with Gasteiger partial charge >= 0.3 is 0 Å². The van der Waals surface area contributed by atoms with Crippen LogP contribution in [0.2, 0.25) is 0 Å². The fraction of sp³-hybridized carbons (Fsp3) is 0.455. The first-order valence-electron chi connectivity index (χ1n) is 5.11. The van der Waals surface area contributed by atoms with Crippen molar-refractivity contribution >= 4 is 10.0 Å². The maximum absolute atomic E-state index is 11.7. The molecule has 1 fully saturated rings. The molecule has 0 aliphatic heterocycles. The van der Waals surface area contributed by atoms with Crippen LogP contribution in [-0.4, -0.2) is 14.5 Å². The molecule has 0 radical (unpaired) electrons. The highest BCUT2D eigenvalue weighted by molar-refractivity contribution is 7.88. The molecule has 0 spiro atoms. The van der Waals surface area contributed by atoms with Crippen LogP contribution < -0.4 is 4.72 Å². The molecule has 0 bridgehead atoms. The average molecular weight is 225 g/mol. The summed E-state index contributed by atoms with van der Waals surface area (Å²) in [5.74, 6) is 0.0885. The van der Waals surface area contributed by atoms with Crippen molar-refractivity contribution in [2.75, 3.05) is 0 Å². The van der Waals surface area contributed by atoms with Crippen molar-refractivity contribution in [2.45, 2.75) is 31.6 Å². The standard InChI is InChI=1S/C11H15NO2S/c1-9-3-2-4-10(7-9)8-15(13,14)12-11-5-6-11/h2-4,7,11-12H,5-6,8H2,1H3. The summed E-state index contributed by atoms with van der Waals surface area (Å²) in [6.07, 6.45) is 1.96. The molecule has 1 aromatic carbocycles. The zero-order chi connectivity index (χ0) is 10.9. The average Bonchev–Trinajstić information content (AvgIpc) is 2.86. The Morgan fingerprint density at radius 3 is 2.73 bits per heavy atom. The highest BCUT2D eigenvalue weighted by atomic mass is 32.2. The Hall–Kier alpha value is -0.870. The number of hydrogen-bond acceptors (Lipinski definition) is 2. The van der Waals surface area contributed by atoms with Gasteiger partial charge in [-0.1, -0.05) is 29.8 Å². The largest absolute Gasteiger partial charge is 0.216 e. The van der Waals surface area contributed by atoms with Crippen LogP contribution >= 0.6 is 0 Å². The van der Waals surface area contributed by atoms with Crippen molar-refractivity contribution in [2.24, 2.45) is 0 Å². The predicted molar refractivity (Wildman–Crippen MR) is 60.0 cm³/mol. The van der Waals surface area contributed by atoms with E-state index in [1.807, 2.05) is 31.2 Å². The van der Waals surface area contributed by atoms with E-state index in [-0.39, 0.29) is 11.8 Å². The minimum atomic E-state index is -3.14. The van der Waals surface area contributed by atoms with Crippen LogP contribution in [0, 0.1) is 6.92 Å². The van der Waals surface area contributed by atoms with E-state index in [0.29, 0.717) is 0 Å². The summed E-state index contributed by atoms with van der Waals surface area (Å²) in [5.41, 5.74) is 1.94. The van der Waals surface area contributed by atoms with E-state index < -0.39 is 10.0 Å².